The van der Waals surface area contributed by atoms with Crippen LogP contribution >= 0.6 is 15.9 Å². The molecule has 0 aliphatic rings. The highest BCUT2D eigenvalue weighted by Gasteiger charge is 2.02. The van der Waals surface area contributed by atoms with Crippen molar-refractivity contribution in [2.45, 2.75) is 6.42 Å². The molecule has 0 saturated carbocycles. The van der Waals surface area contributed by atoms with E-state index in [0.717, 1.165) is 5.56 Å². The molecule has 4 heteroatoms. The van der Waals surface area contributed by atoms with E-state index in [-0.39, 0.29) is 0 Å². The molecule has 0 saturated heterocycles. The molecule has 1 aromatic heterocycles. The van der Waals surface area contributed by atoms with E-state index >= 15 is 0 Å². The Morgan fingerprint density at radius 1 is 1.75 bits per heavy atom. The van der Waals surface area contributed by atoms with Crippen molar-refractivity contribution in [3.63, 3.8) is 0 Å². The molecule has 0 fully saturated rings. The maximum Gasteiger partial charge on any atom is 0.141 e. The summed E-state index contributed by atoms with van der Waals surface area (Å²) >= 11 is 3.22. The topological polar surface area (TPSA) is 45.9 Å². The molecule has 0 spiro atoms. The van der Waals surface area contributed by atoms with Crippen molar-refractivity contribution >= 4 is 15.9 Å². The van der Waals surface area contributed by atoms with Crippen LogP contribution in [0.5, 0.6) is 5.75 Å². The first-order valence-electron chi connectivity index (χ1n) is 3.33. The van der Waals surface area contributed by atoms with Gasteiger partial charge >= 0.3 is 0 Å². The Labute approximate surface area is 79.1 Å². The van der Waals surface area contributed by atoms with Gasteiger partial charge < -0.3 is 4.74 Å². The first-order chi connectivity index (χ1) is 5.77. The summed E-state index contributed by atoms with van der Waals surface area (Å²) in [4.78, 5) is 3.98. The molecule has 12 heavy (non-hydrogen) atoms. The number of hydrogen-bond donors (Lipinski definition) is 0. The molecule has 1 rings (SSSR count). The van der Waals surface area contributed by atoms with Crippen molar-refractivity contribution in [2.24, 2.45) is 0 Å². The Hall–Kier alpha value is -1.08. The molecule has 0 aliphatic carbocycles. The second-order valence-electron chi connectivity index (χ2n) is 2.15. The van der Waals surface area contributed by atoms with Crippen molar-refractivity contribution in [2.75, 3.05) is 7.11 Å². The summed E-state index contributed by atoms with van der Waals surface area (Å²) in [6, 6.07) is 3.84. The fourth-order valence-electron chi connectivity index (χ4n) is 0.862. The van der Waals surface area contributed by atoms with Crippen molar-refractivity contribution in [3.05, 3.63) is 22.4 Å². The Balaban J connectivity index is 3.05. The monoisotopic (exact) mass is 226 g/mol. The number of rotatable bonds is 2. The zero-order chi connectivity index (χ0) is 8.97. The quantitative estimate of drug-likeness (QED) is 0.725. The lowest BCUT2D eigenvalue weighted by atomic mass is 10.2. The molecule has 0 unspecified atom stereocenters. The maximum atomic E-state index is 8.49. The number of aromatic nitrogens is 1. The van der Waals surface area contributed by atoms with Gasteiger partial charge in [0.2, 0.25) is 0 Å². The number of nitrogens with zero attached hydrogens (tertiary/aromatic N) is 2. The lowest BCUT2D eigenvalue weighted by Crippen LogP contribution is -1.92. The van der Waals surface area contributed by atoms with Crippen LogP contribution < -0.4 is 4.74 Å². The van der Waals surface area contributed by atoms with Gasteiger partial charge in [-0.25, -0.2) is 4.98 Å². The minimum atomic E-state index is 0.338. The minimum Gasteiger partial charge on any atom is -0.495 e. The van der Waals surface area contributed by atoms with Gasteiger partial charge in [-0.1, -0.05) is 0 Å². The molecule has 62 valence electrons. The van der Waals surface area contributed by atoms with Crippen LogP contribution in [0.25, 0.3) is 0 Å². The standard InChI is InChI=1S/C8H7BrN2O/c1-12-7-5-11-8(9)4-6(7)2-3-10/h4-5H,2H2,1H3. The van der Waals surface area contributed by atoms with E-state index in [1.54, 1.807) is 19.4 Å². The average molecular weight is 227 g/mol. The van der Waals surface area contributed by atoms with Crippen molar-refractivity contribution in [1.82, 2.24) is 4.98 Å². The van der Waals surface area contributed by atoms with Crippen LogP contribution in [0.15, 0.2) is 16.9 Å². The second kappa shape index (κ2) is 4.07. The number of nitriles is 1. The number of methoxy groups -OCH3 is 1. The number of hydrogen-bond acceptors (Lipinski definition) is 3. The minimum absolute atomic E-state index is 0.338. The molecule has 0 aliphatic heterocycles. The molecule has 1 heterocycles. The van der Waals surface area contributed by atoms with Crippen molar-refractivity contribution < 1.29 is 4.74 Å². The molecule has 0 aromatic carbocycles. The number of halogens is 1. The Kier molecular flexibility index (Phi) is 3.06. The predicted octanol–water partition coefficient (Wildman–Crippen LogP) is 1.92. The molecule has 0 bridgehead atoms. The Bertz CT molecular complexity index is 319. The van der Waals surface area contributed by atoms with E-state index in [4.69, 9.17) is 10.00 Å². The fraction of sp³-hybridized carbons (Fsp3) is 0.250. The Morgan fingerprint density at radius 2 is 2.50 bits per heavy atom. The van der Waals surface area contributed by atoms with Crippen LogP contribution in [0.4, 0.5) is 0 Å². The molecule has 0 atom stereocenters. The van der Waals surface area contributed by atoms with Gasteiger partial charge in [0.05, 0.1) is 25.8 Å². The van der Waals surface area contributed by atoms with Gasteiger partial charge in [0.1, 0.15) is 10.4 Å². The highest BCUT2D eigenvalue weighted by Crippen LogP contribution is 2.20. The van der Waals surface area contributed by atoms with Gasteiger partial charge in [-0.05, 0) is 22.0 Å². The lowest BCUT2D eigenvalue weighted by molar-refractivity contribution is 0.408. The number of pyridine rings is 1. The Morgan fingerprint density at radius 3 is 3.08 bits per heavy atom. The summed E-state index contributed by atoms with van der Waals surface area (Å²) in [7, 11) is 1.56. The number of ether oxygens (including phenoxy) is 1. The summed E-state index contributed by atoms with van der Waals surface area (Å²) < 4.78 is 5.73. The average Bonchev–Trinajstić information content (AvgIpc) is 2.05. The van der Waals surface area contributed by atoms with E-state index in [0.29, 0.717) is 16.8 Å². The lowest BCUT2D eigenvalue weighted by Gasteiger charge is -2.03. The predicted molar refractivity (Wildman–Crippen MR) is 47.8 cm³/mol. The molecular formula is C8H7BrN2O. The van der Waals surface area contributed by atoms with Crippen LogP contribution in [-0.2, 0) is 6.42 Å². The van der Waals surface area contributed by atoms with Crippen molar-refractivity contribution in [3.8, 4) is 11.8 Å². The van der Waals surface area contributed by atoms with Gasteiger partial charge in [-0.3, -0.25) is 0 Å². The van der Waals surface area contributed by atoms with E-state index in [9.17, 15) is 0 Å². The maximum absolute atomic E-state index is 8.49. The third-order valence-electron chi connectivity index (χ3n) is 1.40. The molecule has 3 nitrogen and oxygen atoms in total. The first kappa shape index (κ1) is 9.01. The summed E-state index contributed by atoms with van der Waals surface area (Å²) in [6.45, 7) is 0. The van der Waals surface area contributed by atoms with Gasteiger partial charge in [-0.2, -0.15) is 5.26 Å². The van der Waals surface area contributed by atoms with Crippen LogP contribution in [-0.4, -0.2) is 12.1 Å². The van der Waals surface area contributed by atoms with Gasteiger partial charge in [0.15, 0.2) is 0 Å². The summed E-state index contributed by atoms with van der Waals surface area (Å²) in [5, 5.41) is 8.49. The summed E-state index contributed by atoms with van der Waals surface area (Å²) in [6.07, 6.45) is 1.93. The van der Waals surface area contributed by atoms with E-state index < -0.39 is 0 Å². The van der Waals surface area contributed by atoms with E-state index in [1.165, 1.54) is 0 Å². The zero-order valence-electron chi connectivity index (χ0n) is 6.54. The summed E-state index contributed by atoms with van der Waals surface area (Å²) in [5.41, 5.74) is 0.849. The van der Waals surface area contributed by atoms with Gasteiger partial charge in [0.25, 0.3) is 0 Å². The van der Waals surface area contributed by atoms with Crippen LogP contribution in [0.2, 0.25) is 0 Å². The zero-order valence-corrected chi connectivity index (χ0v) is 8.13. The third-order valence-corrected chi connectivity index (χ3v) is 1.84. The fourth-order valence-corrected chi connectivity index (χ4v) is 1.24. The van der Waals surface area contributed by atoms with E-state index in [2.05, 4.69) is 27.0 Å². The molecule has 0 amide bonds. The highest BCUT2D eigenvalue weighted by molar-refractivity contribution is 9.10. The molecule has 1 aromatic rings. The highest BCUT2D eigenvalue weighted by atomic mass is 79.9. The molecule has 0 N–H and O–H groups in total. The van der Waals surface area contributed by atoms with Crippen LogP contribution in [0.3, 0.4) is 0 Å². The SMILES string of the molecule is COc1cnc(Br)cc1CC#N. The molecular weight excluding hydrogens is 220 g/mol. The van der Waals surface area contributed by atoms with Gasteiger partial charge in [-0.15, -0.1) is 0 Å². The van der Waals surface area contributed by atoms with Crippen molar-refractivity contribution in [1.29, 1.82) is 5.26 Å². The van der Waals surface area contributed by atoms with Gasteiger partial charge in [0, 0.05) is 5.56 Å². The first-order valence-corrected chi connectivity index (χ1v) is 4.12. The van der Waals surface area contributed by atoms with Crippen LogP contribution in [0, 0.1) is 11.3 Å². The third kappa shape index (κ3) is 1.95. The van der Waals surface area contributed by atoms with Crippen LogP contribution in [0.1, 0.15) is 5.56 Å². The molecule has 0 radical (unpaired) electrons. The largest absolute Gasteiger partial charge is 0.495 e. The summed E-state index contributed by atoms with van der Waals surface area (Å²) in [5.74, 6) is 0.653. The second-order valence-corrected chi connectivity index (χ2v) is 2.97. The normalized spacial score (nSPS) is 9.08. The van der Waals surface area contributed by atoms with E-state index in [1.807, 2.05) is 0 Å². The smallest absolute Gasteiger partial charge is 0.141 e.